The van der Waals surface area contributed by atoms with Crippen LogP contribution in [-0.4, -0.2) is 42.5 Å². The summed E-state index contributed by atoms with van der Waals surface area (Å²) in [7, 11) is 0. The topological polar surface area (TPSA) is 75.7 Å². The van der Waals surface area contributed by atoms with E-state index < -0.39 is 17.4 Å². The van der Waals surface area contributed by atoms with E-state index in [-0.39, 0.29) is 12.5 Å². The van der Waals surface area contributed by atoms with Crippen LogP contribution >= 0.6 is 0 Å². The van der Waals surface area contributed by atoms with Crippen LogP contribution in [0.25, 0.3) is 0 Å². The van der Waals surface area contributed by atoms with Gasteiger partial charge in [0.2, 0.25) is 11.8 Å². The maximum atomic E-state index is 12.5. The fourth-order valence-corrected chi connectivity index (χ4v) is 3.04. The molecular weight excluding hydrogens is 260 g/mol. The van der Waals surface area contributed by atoms with E-state index in [0.717, 1.165) is 17.7 Å². The zero-order valence-electron chi connectivity index (χ0n) is 11.5. The first kappa shape index (κ1) is 13.5. The van der Waals surface area contributed by atoms with Gasteiger partial charge < -0.3 is 4.74 Å². The average Bonchev–Trinajstić information content (AvgIpc) is 3.11. The van der Waals surface area contributed by atoms with E-state index in [1.807, 2.05) is 0 Å². The zero-order chi connectivity index (χ0) is 14.2. The van der Waals surface area contributed by atoms with Crippen molar-refractivity contribution < 1.29 is 19.1 Å². The lowest BCUT2D eigenvalue weighted by Gasteiger charge is -2.36. The zero-order valence-corrected chi connectivity index (χ0v) is 11.5. The largest absolute Gasteiger partial charge is 0.379 e. The molecule has 0 radical (unpaired) electrons. The fraction of sp³-hybridized carbons (Fsp3) is 0.786. The molecule has 0 aromatic heterocycles. The van der Waals surface area contributed by atoms with Crippen molar-refractivity contribution >= 4 is 17.8 Å². The molecule has 1 aliphatic heterocycles. The van der Waals surface area contributed by atoms with Crippen LogP contribution in [0, 0.1) is 11.3 Å². The van der Waals surface area contributed by atoms with Crippen molar-refractivity contribution in [3.8, 4) is 0 Å². The first-order valence-corrected chi connectivity index (χ1v) is 7.39. The molecule has 3 rings (SSSR count). The molecule has 0 unspecified atom stereocenters. The van der Waals surface area contributed by atoms with Crippen molar-refractivity contribution in [2.24, 2.45) is 11.3 Å². The molecule has 2 saturated carbocycles. The number of ether oxygens (including phenoxy) is 1. The highest BCUT2D eigenvalue weighted by molar-refractivity contribution is 6.19. The Hall–Kier alpha value is -1.43. The van der Waals surface area contributed by atoms with Crippen LogP contribution in [0.15, 0.2) is 0 Å². The smallest absolute Gasteiger partial charge is 0.330 e. The molecule has 2 aliphatic carbocycles. The fourth-order valence-electron chi connectivity index (χ4n) is 3.04. The minimum absolute atomic E-state index is 0.229. The van der Waals surface area contributed by atoms with Gasteiger partial charge in [-0.3, -0.25) is 19.8 Å². The number of imide groups is 2. The summed E-state index contributed by atoms with van der Waals surface area (Å²) < 4.78 is 5.48. The maximum absolute atomic E-state index is 12.5. The Morgan fingerprint density at radius 2 is 1.90 bits per heavy atom. The first-order valence-electron chi connectivity index (χ1n) is 7.39. The van der Waals surface area contributed by atoms with E-state index in [4.69, 9.17) is 4.74 Å². The van der Waals surface area contributed by atoms with Gasteiger partial charge in [-0.05, 0) is 31.6 Å². The molecule has 0 atom stereocenters. The summed E-state index contributed by atoms with van der Waals surface area (Å²) in [6, 6.07) is -0.604. The van der Waals surface area contributed by atoms with Gasteiger partial charge in [-0.2, -0.15) is 0 Å². The number of carbonyl (C=O) groups is 3. The van der Waals surface area contributed by atoms with Crippen molar-refractivity contribution in [3.63, 3.8) is 0 Å². The summed E-state index contributed by atoms with van der Waals surface area (Å²) in [5, 5.41) is 2.33. The minimum Gasteiger partial charge on any atom is -0.379 e. The molecule has 3 fully saturated rings. The van der Waals surface area contributed by atoms with Crippen LogP contribution in [-0.2, 0) is 14.3 Å². The normalized spacial score (nSPS) is 25.4. The summed E-state index contributed by atoms with van der Waals surface area (Å²) in [4.78, 5) is 37.5. The van der Waals surface area contributed by atoms with E-state index in [2.05, 4.69) is 5.32 Å². The molecule has 0 aromatic rings. The Bertz CT molecular complexity index is 438. The molecule has 1 heterocycles. The van der Waals surface area contributed by atoms with Gasteiger partial charge in [-0.1, -0.05) is 12.8 Å². The van der Waals surface area contributed by atoms with Crippen molar-refractivity contribution in [2.45, 2.75) is 38.5 Å². The van der Waals surface area contributed by atoms with E-state index >= 15 is 0 Å². The average molecular weight is 280 g/mol. The third-order valence-electron chi connectivity index (χ3n) is 4.52. The molecule has 0 aromatic carbocycles. The number of amides is 4. The van der Waals surface area contributed by atoms with E-state index in [1.165, 1.54) is 12.8 Å². The van der Waals surface area contributed by atoms with E-state index in [9.17, 15) is 14.4 Å². The maximum Gasteiger partial charge on any atom is 0.330 e. The standard InChI is InChI=1S/C14H20N2O4/c17-11-14(5-1-2-6-14)12(18)16(13(19)15-11)7-8-20-9-10-3-4-10/h10H,1-9H2,(H,15,17,19). The van der Waals surface area contributed by atoms with Gasteiger partial charge in [0, 0.05) is 6.61 Å². The number of hydrogen-bond donors (Lipinski definition) is 1. The van der Waals surface area contributed by atoms with Gasteiger partial charge in [0.05, 0.1) is 13.2 Å². The molecule has 6 heteroatoms. The highest BCUT2D eigenvalue weighted by atomic mass is 16.5. The Balaban J connectivity index is 1.61. The predicted octanol–water partition coefficient (Wildman–Crippen LogP) is 1.05. The molecule has 6 nitrogen and oxygen atoms in total. The number of rotatable bonds is 5. The molecule has 3 aliphatic rings. The summed E-state index contributed by atoms with van der Waals surface area (Å²) in [5.74, 6) is -0.0949. The van der Waals surface area contributed by atoms with Gasteiger partial charge in [0.25, 0.3) is 0 Å². The van der Waals surface area contributed by atoms with Crippen LogP contribution in [0.2, 0.25) is 0 Å². The Kier molecular flexibility index (Phi) is 3.50. The summed E-state index contributed by atoms with van der Waals surface area (Å²) in [6.07, 6.45) is 5.23. The lowest BCUT2D eigenvalue weighted by molar-refractivity contribution is -0.151. The minimum atomic E-state index is -0.996. The monoisotopic (exact) mass is 280 g/mol. The second-order valence-corrected chi connectivity index (χ2v) is 6.02. The quantitative estimate of drug-likeness (QED) is 0.603. The van der Waals surface area contributed by atoms with Crippen LogP contribution in [0.4, 0.5) is 4.79 Å². The van der Waals surface area contributed by atoms with E-state index in [1.54, 1.807) is 0 Å². The number of nitrogens with zero attached hydrogens (tertiary/aromatic N) is 1. The number of barbiturate groups is 1. The molecule has 110 valence electrons. The highest BCUT2D eigenvalue weighted by Crippen LogP contribution is 2.41. The number of carbonyl (C=O) groups excluding carboxylic acids is 3. The number of hydrogen-bond acceptors (Lipinski definition) is 4. The van der Waals surface area contributed by atoms with Gasteiger partial charge in [-0.15, -0.1) is 0 Å². The summed E-state index contributed by atoms with van der Waals surface area (Å²) in [6.45, 7) is 1.28. The third kappa shape index (κ3) is 2.32. The van der Waals surface area contributed by atoms with Crippen molar-refractivity contribution in [1.29, 1.82) is 0 Å². The molecule has 1 saturated heterocycles. The van der Waals surface area contributed by atoms with Crippen molar-refractivity contribution in [1.82, 2.24) is 10.2 Å². The van der Waals surface area contributed by atoms with Gasteiger partial charge in [0.15, 0.2) is 0 Å². The van der Waals surface area contributed by atoms with Crippen molar-refractivity contribution in [2.75, 3.05) is 19.8 Å². The Morgan fingerprint density at radius 3 is 2.55 bits per heavy atom. The highest BCUT2D eigenvalue weighted by Gasteiger charge is 2.54. The molecule has 1 N–H and O–H groups in total. The summed E-state index contributed by atoms with van der Waals surface area (Å²) in [5.41, 5.74) is -0.996. The first-order chi connectivity index (χ1) is 9.63. The van der Waals surface area contributed by atoms with Gasteiger partial charge >= 0.3 is 6.03 Å². The lowest BCUT2D eigenvalue weighted by Crippen LogP contribution is -2.63. The second-order valence-electron chi connectivity index (χ2n) is 6.02. The third-order valence-corrected chi connectivity index (χ3v) is 4.52. The lowest BCUT2D eigenvalue weighted by atomic mass is 9.82. The molecule has 1 spiro atoms. The van der Waals surface area contributed by atoms with Crippen LogP contribution in [0.1, 0.15) is 38.5 Å². The van der Waals surface area contributed by atoms with Gasteiger partial charge in [0.1, 0.15) is 5.41 Å². The van der Waals surface area contributed by atoms with Crippen LogP contribution < -0.4 is 5.32 Å². The number of urea groups is 1. The van der Waals surface area contributed by atoms with Crippen molar-refractivity contribution in [3.05, 3.63) is 0 Å². The molecule has 20 heavy (non-hydrogen) atoms. The Morgan fingerprint density at radius 1 is 1.20 bits per heavy atom. The molecule has 0 bridgehead atoms. The SMILES string of the molecule is O=C1NC(=O)C2(CCCC2)C(=O)N1CCOCC1CC1. The van der Waals surface area contributed by atoms with E-state index in [0.29, 0.717) is 32.0 Å². The Labute approximate surface area is 117 Å². The van der Waals surface area contributed by atoms with Crippen LogP contribution in [0.3, 0.4) is 0 Å². The molecular formula is C14H20N2O4. The second kappa shape index (κ2) is 5.16. The molecule has 4 amide bonds. The van der Waals surface area contributed by atoms with Crippen LogP contribution in [0.5, 0.6) is 0 Å². The summed E-state index contributed by atoms with van der Waals surface area (Å²) >= 11 is 0. The predicted molar refractivity (Wildman–Crippen MR) is 69.7 cm³/mol. The number of nitrogens with one attached hydrogen (secondary N) is 1. The van der Waals surface area contributed by atoms with Gasteiger partial charge in [-0.25, -0.2) is 4.79 Å².